The molecule has 1 saturated heterocycles. The van der Waals surface area contributed by atoms with Crippen molar-refractivity contribution >= 4 is 29.0 Å². The molecule has 0 radical (unpaired) electrons. The summed E-state index contributed by atoms with van der Waals surface area (Å²) in [6.45, 7) is 1.54. The highest BCUT2D eigenvalue weighted by Crippen LogP contribution is 2.37. The summed E-state index contributed by atoms with van der Waals surface area (Å²) in [6, 6.07) is 4.28. The largest absolute Gasteiger partial charge is 0.479 e. The zero-order chi connectivity index (χ0) is 15.5. The molecule has 1 unspecified atom stereocenters. The van der Waals surface area contributed by atoms with E-state index in [-0.39, 0.29) is 5.91 Å². The van der Waals surface area contributed by atoms with E-state index >= 15 is 0 Å². The van der Waals surface area contributed by atoms with Crippen LogP contribution in [0.25, 0.3) is 0 Å². The average molecular weight is 337 g/mol. The van der Waals surface area contributed by atoms with E-state index in [4.69, 9.17) is 4.74 Å². The van der Waals surface area contributed by atoms with Crippen LogP contribution in [0.15, 0.2) is 23.7 Å². The number of rotatable bonds is 3. The normalized spacial score (nSPS) is 19.0. The van der Waals surface area contributed by atoms with Gasteiger partial charge in [0.1, 0.15) is 5.56 Å². The molecule has 2 aromatic rings. The molecule has 0 aromatic carbocycles. The third-order valence-electron chi connectivity index (χ3n) is 3.71. The van der Waals surface area contributed by atoms with Crippen LogP contribution in [0, 0.1) is 0 Å². The number of methoxy groups -OCH3 is 1. The minimum Gasteiger partial charge on any atom is -0.479 e. The number of ether oxygens (including phenoxy) is 1. The number of aromatic nitrogens is 2. The SMILES string of the molecule is COc1nn(C)cc1C(=O)N1CCSC(c2cccs2)CC1. The number of thiophene rings is 1. The maximum Gasteiger partial charge on any atom is 0.261 e. The monoisotopic (exact) mass is 337 g/mol. The molecular weight excluding hydrogens is 318 g/mol. The summed E-state index contributed by atoms with van der Waals surface area (Å²) in [6.07, 6.45) is 2.72. The van der Waals surface area contributed by atoms with Crippen molar-refractivity contribution < 1.29 is 9.53 Å². The number of amides is 1. The van der Waals surface area contributed by atoms with Crippen molar-refractivity contribution in [3.63, 3.8) is 0 Å². The van der Waals surface area contributed by atoms with Gasteiger partial charge in [-0.25, -0.2) is 0 Å². The molecular formula is C15H19N3O2S2. The molecule has 1 atom stereocenters. The summed E-state index contributed by atoms with van der Waals surface area (Å²) in [7, 11) is 3.34. The van der Waals surface area contributed by atoms with Crippen LogP contribution < -0.4 is 4.74 Å². The lowest BCUT2D eigenvalue weighted by Crippen LogP contribution is -2.33. The van der Waals surface area contributed by atoms with Gasteiger partial charge in [-0.15, -0.1) is 16.4 Å². The van der Waals surface area contributed by atoms with E-state index in [2.05, 4.69) is 22.6 Å². The van der Waals surface area contributed by atoms with Gasteiger partial charge in [0.25, 0.3) is 5.91 Å². The molecule has 3 rings (SSSR count). The van der Waals surface area contributed by atoms with Crippen molar-refractivity contribution in [1.82, 2.24) is 14.7 Å². The van der Waals surface area contributed by atoms with Gasteiger partial charge in [-0.05, 0) is 17.9 Å². The van der Waals surface area contributed by atoms with Gasteiger partial charge in [0.15, 0.2) is 0 Å². The van der Waals surface area contributed by atoms with Crippen molar-refractivity contribution in [3.8, 4) is 5.88 Å². The van der Waals surface area contributed by atoms with Gasteiger partial charge < -0.3 is 9.64 Å². The van der Waals surface area contributed by atoms with Gasteiger partial charge in [0.2, 0.25) is 5.88 Å². The predicted octanol–water partition coefficient (Wildman–Crippen LogP) is 2.81. The van der Waals surface area contributed by atoms with E-state index in [1.54, 1.807) is 36.4 Å². The van der Waals surface area contributed by atoms with Crippen molar-refractivity contribution in [3.05, 3.63) is 34.2 Å². The molecule has 7 heteroatoms. The third-order valence-corrected chi connectivity index (χ3v) is 6.15. The lowest BCUT2D eigenvalue weighted by Gasteiger charge is -2.19. The Morgan fingerprint density at radius 3 is 3.05 bits per heavy atom. The molecule has 0 saturated carbocycles. The average Bonchev–Trinajstić information content (AvgIpc) is 3.11. The first-order valence-electron chi connectivity index (χ1n) is 7.21. The van der Waals surface area contributed by atoms with E-state index in [9.17, 15) is 4.79 Å². The van der Waals surface area contributed by atoms with E-state index < -0.39 is 0 Å². The van der Waals surface area contributed by atoms with Crippen molar-refractivity contribution in [2.24, 2.45) is 7.05 Å². The highest BCUT2D eigenvalue weighted by Gasteiger charge is 2.26. The van der Waals surface area contributed by atoms with Gasteiger partial charge in [-0.2, -0.15) is 11.8 Å². The second-order valence-electron chi connectivity index (χ2n) is 5.18. The Labute approximate surface area is 138 Å². The molecule has 1 aliphatic heterocycles. The van der Waals surface area contributed by atoms with E-state index in [1.807, 2.05) is 16.7 Å². The highest BCUT2D eigenvalue weighted by molar-refractivity contribution is 7.99. The molecule has 1 fully saturated rings. The first-order valence-corrected chi connectivity index (χ1v) is 9.14. The fourth-order valence-corrected chi connectivity index (χ4v) is 4.85. The summed E-state index contributed by atoms with van der Waals surface area (Å²) in [5.41, 5.74) is 0.546. The number of hydrogen-bond donors (Lipinski definition) is 0. The smallest absolute Gasteiger partial charge is 0.261 e. The van der Waals surface area contributed by atoms with Crippen LogP contribution >= 0.6 is 23.1 Å². The van der Waals surface area contributed by atoms with Crippen molar-refractivity contribution in [1.29, 1.82) is 0 Å². The van der Waals surface area contributed by atoms with Crippen LogP contribution in [0.1, 0.15) is 26.9 Å². The number of aryl methyl sites for hydroxylation is 1. The first kappa shape index (κ1) is 15.4. The van der Waals surface area contributed by atoms with Crippen LogP contribution in [0.3, 0.4) is 0 Å². The number of thioether (sulfide) groups is 1. The Balaban J connectivity index is 1.71. The zero-order valence-corrected chi connectivity index (χ0v) is 14.3. The third kappa shape index (κ3) is 3.15. The summed E-state index contributed by atoms with van der Waals surface area (Å²) in [4.78, 5) is 16.0. The molecule has 2 aromatic heterocycles. The van der Waals surface area contributed by atoms with Crippen LogP contribution in [-0.4, -0.2) is 46.5 Å². The summed E-state index contributed by atoms with van der Waals surface area (Å²) in [5, 5.41) is 6.78. The van der Waals surface area contributed by atoms with Crippen molar-refractivity contribution in [2.45, 2.75) is 11.7 Å². The second kappa shape index (κ2) is 6.75. The molecule has 118 valence electrons. The quantitative estimate of drug-likeness (QED) is 0.864. The molecule has 0 N–H and O–H groups in total. The predicted molar refractivity (Wildman–Crippen MR) is 89.8 cm³/mol. The van der Waals surface area contributed by atoms with E-state index in [1.165, 1.54) is 4.88 Å². The summed E-state index contributed by atoms with van der Waals surface area (Å²) >= 11 is 3.73. The standard InChI is InChI=1S/C15H19N3O2S2/c1-17-10-11(14(16-17)20-2)15(19)18-6-5-13(22-9-7-18)12-4-3-8-21-12/h3-4,8,10,13H,5-7,9H2,1-2H3. The molecule has 0 aliphatic carbocycles. The van der Waals surface area contributed by atoms with E-state index in [0.29, 0.717) is 16.7 Å². The Bertz CT molecular complexity index is 639. The minimum absolute atomic E-state index is 0.0115. The number of carbonyl (C=O) groups excluding carboxylic acids is 1. The maximum atomic E-state index is 12.7. The maximum absolute atomic E-state index is 12.7. The molecule has 22 heavy (non-hydrogen) atoms. The van der Waals surface area contributed by atoms with Gasteiger partial charge >= 0.3 is 0 Å². The molecule has 1 aliphatic rings. The van der Waals surface area contributed by atoms with Gasteiger partial charge in [-0.1, -0.05) is 6.07 Å². The Hall–Kier alpha value is -1.47. The Kier molecular flexibility index (Phi) is 4.73. The van der Waals surface area contributed by atoms with E-state index in [0.717, 1.165) is 25.3 Å². The molecule has 0 spiro atoms. The fraction of sp³-hybridized carbons (Fsp3) is 0.467. The molecule has 1 amide bonds. The Morgan fingerprint density at radius 2 is 2.32 bits per heavy atom. The minimum atomic E-state index is 0.0115. The number of carbonyl (C=O) groups is 1. The van der Waals surface area contributed by atoms with Crippen LogP contribution in [-0.2, 0) is 7.05 Å². The van der Waals surface area contributed by atoms with Gasteiger partial charge in [0.05, 0.1) is 7.11 Å². The van der Waals surface area contributed by atoms with Crippen molar-refractivity contribution in [2.75, 3.05) is 26.0 Å². The number of hydrogen-bond acceptors (Lipinski definition) is 5. The first-order chi connectivity index (χ1) is 10.7. The number of nitrogens with zero attached hydrogens (tertiary/aromatic N) is 3. The molecule has 0 bridgehead atoms. The van der Waals surface area contributed by atoms with Crippen LogP contribution in [0.5, 0.6) is 5.88 Å². The van der Waals surface area contributed by atoms with Gasteiger partial charge in [-0.3, -0.25) is 9.48 Å². The lowest BCUT2D eigenvalue weighted by molar-refractivity contribution is 0.0763. The fourth-order valence-electron chi connectivity index (χ4n) is 2.61. The zero-order valence-electron chi connectivity index (χ0n) is 12.7. The summed E-state index contributed by atoms with van der Waals surface area (Å²) in [5.74, 6) is 1.37. The lowest BCUT2D eigenvalue weighted by atomic mass is 10.2. The van der Waals surface area contributed by atoms with Crippen LogP contribution in [0.2, 0.25) is 0 Å². The second-order valence-corrected chi connectivity index (χ2v) is 7.47. The van der Waals surface area contributed by atoms with Crippen LogP contribution in [0.4, 0.5) is 0 Å². The molecule has 3 heterocycles. The topological polar surface area (TPSA) is 47.4 Å². The Morgan fingerprint density at radius 1 is 1.45 bits per heavy atom. The molecule has 5 nitrogen and oxygen atoms in total. The highest BCUT2D eigenvalue weighted by atomic mass is 32.2. The summed E-state index contributed by atoms with van der Waals surface area (Å²) < 4.78 is 6.82. The van der Waals surface area contributed by atoms with Gasteiger partial charge in [0, 0.05) is 42.2 Å².